The number of carbonyl (C=O) groups is 1. The van der Waals surface area contributed by atoms with E-state index < -0.39 is 9.05 Å². The summed E-state index contributed by atoms with van der Waals surface area (Å²) in [5.74, 6) is 0.650. The van der Waals surface area contributed by atoms with Crippen molar-refractivity contribution in [3.8, 4) is 0 Å². The van der Waals surface area contributed by atoms with Crippen molar-refractivity contribution in [1.29, 1.82) is 0 Å². The highest BCUT2D eigenvalue weighted by atomic mass is 79.9. The van der Waals surface area contributed by atoms with E-state index in [2.05, 4.69) is 29.8 Å². The van der Waals surface area contributed by atoms with Crippen LogP contribution in [0.3, 0.4) is 0 Å². The number of likely N-dealkylation sites (tertiary alicyclic amines) is 1. The summed E-state index contributed by atoms with van der Waals surface area (Å²) < 4.78 is 27.8. The molecule has 112 valence electrons. The first kappa shape index (κ1) is 15.9. The van der Waals surface area contributed by atoms with Gasteiger partial charge in [-0.1, -0.05) is 13.8 Å². The van der Waals surface area contributed by atoms with Gasteiger partial charge in [0.05, 0.1) is 0 Å². The fourth-order valence-electron chi connectivity index (χ4n) is 2.23. The van der Waals surface area contributed by atoms with Crippen LogP contribution in [0.5, 0.6) is 0 Å². The number of hydrogen-bond donors (Lipinski definition) is 0. The third kappa shape index (κ3) is 3.20. The van der Waals surface area contributed by atoms with E-state index in [0.29, 0.717) is 24.9 Å². The molecule has 2 heterocycles. The van der Waals surface area contributed by atoms with Gasteiger partial charge in [-0.25, -0.2) is 8.42 Å². The van der Waals surface area contributed by atoms with Crippen molar-refractivity contribution in [3.63, 3.8) is 0 Å². The molecular formula is C12H15BrClNO4S. The van der Waals surface area contributed by atoms with E-state index in [9.17, 15) is 13.2 Å². The van der Waals surface area contributed by atoms with Gasteiger partial charge in [0, 0.05) is 29.8 Å². The van der Waals surface area contributed by atoms with Gasteiger partial charge < -0.3 is 9.32 Å². The highest BCUT2D eigenvalue weighted by molar-refractivity contribution is 9.10. The van der Waals surface area contributed by atoms with E-state index in [1.165, 1.54) is 0 Å². The summed E-state index contributed by atoms with van der Waals surface area (Å²) in [4.78, 5) is 13.8. The fraction of sp³-hybridized carbons (Fsp3) is 0.583. The van der Waals surface area contributed by atoms with Crippen LogP contribution in [0.2, 0.25) is 0 Å². The number of amides is 1. The second kappa shape index (κ2) is 5.69. The number of furan rings is 1. The van der Waals surface area contributed by atoms with Crippen LogP contribution in [0.25, 0.3) is 0 Å². The van der Waals surface area contributed by atoms with Crippen molar-refractivity contribution in [2.75, 3.05) is 13.1 Å². The molecule has 2 unspecified atom stereocenters. The Morgan fingerprint density at radius 3 is 2.60 bits per heavy atom. The van der Waals surface area contributed by atoms with Crippen molar-refractivity contribution in [3.05, 3.63) is 16.5 Å². The molecule has 5 nitrogen and oxygen atoms in total. The molecule has 0 saturated carbocycles. The monoisotopic (exact) mass is 383 g/mol. The van der Waals surface area contributed by atoms with E-state index in [-0.39, 0.29) is 21.2 Å². The normalized spacial score (nSPS) is 23.9. The maximum atomic E-state index is 12.3. The Labute approximate surface area is 130 Å². The molecule has 1 aromatic rings. The number of halogens is 2. The van der Waals surface area contributed by atoms with E-state index in [4.69, 9.17) is 15.1 Å². The predicted molar refractivity (Wildman–Crippen MR) is 78.3 cm³/mol. The minimum absolute atomic E-state index is 0.0159. The molecule has 8 heteroatoms. The number of piperidine rings is 1. The van der Waals surface area contributed by atoms with Gasteiger partial charge in [-0.2, -0.15) is 0 Å². The minimum Gasteiger partial charge on any atom is -0.443 e. The Morgan fingerprint density at radius 1 is 1.45 bits per heavy atom. The van der Waals surface area contributed by atoms with Crippen LogP contribution in [-0.2, 0) is 9.05 Å². The van der Waals surface area contributed by atoms with E-state index in [1.807, 2.05) is 0 Å². The van der Waals surface area contributed by atoms with Gasteiger partial charge in [0.1, 0.15) is 4.90 Å². The van der Waals surface area contributed by atoms with Crippen LogP contribution in [0.1, 0.15) is 30.8 Å². The topological polar surface area (TPSA) is 67.6 Å². The second-order valence-corrected chi connectivity index (χ2v) is 8.44. The average Bonchev–Trinajstić information content (AvgIpc) is 2.74. The van der Waals surface area contributed by atoms with Gasteiger partial charge >= 0.3 is 0 Å². The molecular weight excluding hydrogens is 370 g/mol. The van der Waals surface area contributed by atoms with E-state index in [0.717, 1.165) is 12.5 Å². The molecule has 0 radical (unpaired) electrons. The first-order chi connectivity index (χ1) is 9.20. The molecule has 1 saturated heterocycles. The van der Waals surface area contributed by atoms with Crippen molar-refractivity contribution >= 4 is 41.6 Å². The third-order valence-electron chi connectivity index (χ3n) is 3.75. The molecule has 20 heavy (non-hydrogen) atoms. The molecule has 0 aromatic carbocycles. The number of nitrogens with zero attached hydrogens (tertiary/aromatic N) is 1. The van der Waals surface area contributed by atoms with Crippen molar-refractivity contribution in [1.82, 2.24) is 4.90 Å². The molecule has 0 spiro atoms. The Kier molecular flexibility index (Phi) is 4.51. The lowest BCUT2D eigenvalue weighted by Gasteiger charge is -2.34. The zero-order chi connectivity index (χ0) is 15.1. The average molecular weight is 385 g/mol. The molecule has 1 aliphatic heterocycles. The standard InChI is InChI=1S/C12H15BrClNO4S/c1-7-3-4-15(6-8(7)2)12(16)9-5-10(11(13)19-9)20(14,17)18/h5,7-8H,3-4,6H2,1-2H3. The molecule has 0 N–H and O–H groups in total. The quantitative estimate of drug-likeness (QED) is 0.735. The van der Waals surface area contributed by atoms with Gasteiger partial charge in [-0.05, 0) is 34.2 Å². The Bertz CT molecular complexity index is 627. The molecule has 0 bridgehead atoms. The second-order valence-electron chi connectivity index (χ2n) is 5.18. The summed E-state index contributed by atoms with van der Waals surface area (Å²) in [5.41, 5.74) is 0. The predicted octanol–water partition coefficient (Wildman–Crippen LogP) is 3.09. The lowest BCUT2D eigenvalue weighted by atomic mass is 9.88. The summed E-state index contributed by atoms with van der Waals surface area (Å²) in [6, 6.07) is 1.16. The molecule has 0 aliphatic carbocycles. The lowest BCUT2D eigenvalue weighted by Crippen LogP contribution is -2.42. The lowest BCUT2D eigenvalue weighted by molar-refractivity contribution is 0.0594. The van der Waals surface area contributed by atoms with Gasteiger partial charge in [-0.15, -0.1) is 0 Å². The smallest absolute Gasteiger partial charge is 0.289 e. The first-order valence-corrected chi connectivity index (χ1v) is 9.33. The third-order valence-corrected chi connectivity index (χ3v) is 5.93. The largest absolute Gasteiger partial charge is 0.443 e. The Morgan fingerprint density at radius 2 is 2.10 bits per heavy atom. The van der Waals surface area contributed by atoms with Crippen LogP contribution in [0.4, 0.5) is 0 Å². The van der Waals surface area contributed by atoms with Crippen LogP contribution >= 0.6 is 26.6 Å². The summed E-state index contributed by atoms with van der Waals surface area (Å²) in [6.07, 6.45) is 0.926. The summed E-state index contributed by atoms with van der Waals surface area (Å²) >= 11 is 2.97. The molecule has 1 amide bonds. The van der Waals surface area contributed by atoms with E-state index in [1.54, 1.807) is 4.90 Å². The maximum absolute atomic E-state index is 12.3. The van der Waals surface area contributed by atoms with Crippen molar-refractivity contribution < 1.29 is 17.6 Å². The van der Waals surface area contributed by atoms with Gasteiger partial charge in [-0.3, -0.25) is 4.79 Å². The number of carbonyl (C=O) groups excluding carboxylic acids is 1. The fourth-order valence-corrected chi connectivity index (χ4v) is 4.26. The zero-order valence-electron chi connectivity index (χ0n) is 11.1. The molecule has 1 aromatic heterocycles. The minimum atomic E-state index is -3.94. The van der Waals surface area contributed by atoms with Crippen LogP contribution < -0.4 is 0 Å². The first-order valence-electron chi connectivity index (χ1n) is 6.23. The number of hydrogen-bond acceptors (Lipinski definition) is 4. The highest BCUT2D eigenvalue weighted by Gasteiger charge is 2.30. The molecule has 1 aliphatic rings. The van der Waals surface area contributed by atoms with Gasteiger partial charge in [0.25, 0.3) is 15.0 Å². The van der Waals surface area contributed by atoms with Gasteiger partial charge in [0.15, 0.2) is 10.4 Å². The van der Waals surface area contributed by atoms with Crippen LogP contribution in [-0.4, -0.2) is 32.3 Å². The van der Waals surface area contributed by atoms with Crippen molar-refractivity contribution in [2.24, 2.45) is 11.8 Å². The maximum Gasteiger partial charge on any atom is 0.289 e. The van der Waals surface area contributed by atoms with E-state index >= 15 is 0 Å². The van der Waals surface area contributed by atoms with Crippen LogP contribution in [0, 0.1) is 11.8 Å². The highest BCUT2D eigenvalue weighted by Crippen LogP contribution is 2.30. The summed E-state index contributed by atoms with van der Waals surface area (Å²) in [6.45, 7) is 5.54. The van der Waals surface area contributed by atoms with Crippen LogP contribution in [0.15, 0.2) is 20.0 Å². The Balaban J connectivity index is 2.22. The summed E-state index contributed by atoms with van der Waals surface area (Å²) in [7, 11) is 1.33. The number of rotatable bonds is 2. The molecule has 2 rings (SSSR count). The Hall–Kier alpha value is -0.530. The van der Waals surface area contributed by atoms with Gasteiger partial charge in [0.2, 0.25) is 0 Å². The van der Waals surface area contributed by atoms with Crippen molar-refractivity contribution in [2.45, 2.75) is 25.2 Å². The summed E-state index contributed by atoms with van der Waals surface area (Å²) in [5, 5.41) is 0. The molecule has 1 fully saturated rings. The zero-order valence-corrected chi connectivity index (χ0v) is 14.3. The molecule has 2 atom stereocenters. The SMILES string of the molecule is CC1CCN(C(=O)c2cc(S(=O)(=O)Cl)c(Br)o2)CC1C.